The van der Waals surface area contributed by atoms with Gasteiger partial charge in [0.15, 0.2) is 0 Å². The van der Waals surface area contributed by atoms with Crippen molar-refractivity contribution in [1.29, 1.82) is 0 Å². The number of hydrogen-bond acceptors (Lipinski definition) is 4. The lowest BCUT2D eigenvalue weighted by molar-refractivity contribution is -0.138. The Morgan fingerprint density at radius 1 is 1.08 bits per heavy atom. The van der Waals surface area contributed by atoms with Gasteiger partial charge in [-0.05, 0) is 38.1 Å². The Balaban J connectivity index is 3.10. The molecular formula is C16H24N2O5S. The summed E-state index contributed by atoms with van der Waals surface area (Å²) in [6.07, 6.45) is 0. The normalized spacial score (nSPS) is 11.8. The van der Waals surface area contributed by atoms with E-state index in [1.54, 1.807) is 27.7 Å². The minimum absolute atomic E-state index is 0.108. The van der Waals surface area contributed by atoms with Gasteiger partial charge in [0.05, 0.1) is 4.90 Å². The van der Waals surface area contributed by atoms with Crippen LogP contribution in [-0.4, -0.2) is 60.3 Å². The van der Waals surface area contributed by atoms with Crippen LogP contribution in [0, 0.1) is 0 Å². The largest absolute Gasteiger partial charge is 0.480 e. The lowest BCUT2D eigenvalue weighted by Gasteiger charge is -2.25. The average molecular weight is 356 g/mol. The molecule has 1 N–H and O–H groups in total. The first-order valence-corrected chi connectivity index (χ1v) is 9.22. The highest BCUT2D eigenvalue weighted by Crippen LogP contribution is 2.17. The van der Waals surface area contributed by atoms with E-state index in [0.717, 1.165) is 0 Å². The van der Waals surface area contributed by atoms with Gasteiger partial charge in [-0.3, -0.25) is 9.59 Å². The topological polar surface area (TPSA) is 95.0 Å². The molecule has 8 heteroatoms. The number of carbonyl (C=O) groups excluding carboxylic acids is 1. The van der Waals surface area contributed by atoms with Gasteiger partial charge in [0, 0.05) is 24.7 Å². The molecule has 0 aliphatic rings. The van der Waals surface area contributed by atoms with Crippen molar-refractivity contribution in [1.82, 2.24) is 9.21 Å². The van der Waals surface area contributed by atoms with Gasteiger partial charge in [-0.15, -0.1) is 0 Å². The van der Waals surface area contributed by atoms with Crippen molar-refractivity contribution in [2.75, 3.05) is 19.6 Å². The first kappa shape index (κ1) is 20.1. The van der Waals surface area contributed by atoms with Crippen molar-refractivity contribution in [3.8, 4) is 0 Å². The quantitative estimate of drug-likeness (QED) is 0.764. The second-order valence-corrected chi connectivity index (χ2v) is 7.47. The van der Waals surface area contributed by atoms with Crippen molar-refractivity contribution in [3.05, 3.63) is 29.8 Å². The highest BCUT2D eigenvalue weighted by atomic mass is 32.2. The van der Waals surface area contributed by atoms with Crippen LogP contribution in [-0.2, 0) is 14.8 Å². The maximum absolute atomic E-state index is 12.4. The Morgan fingerprint density at radius 3 is 1.96 bits per heavy atom. The summed E-state index contributed by atoms with van der Waals surface area (Å²) < 4.78 is 26.2. The van der Waals surface area contributed by atoms with E-state index in [4.69, 9.17) is 5.11 Å². The predicted octanol–water partition coefficient (Wildman–Crippen LogP) is 1.65. The average Bonchev–Trinajstić information content (AvgIpc) is 2.52. The molecule has 1 rings (SSSR count). The summed E-state index contributed by atoms with van der Waals surface area (Å²) in [7, 11) is -3.58. The van der Waals surface area contributed by atoms with Crippen molar-refractivity contribution in [2.24, 2.45) is 0 Å². The van der Waals surface area contributed by atoms with E-state index in [1.165, 1.54) is 33.5 Å². The summed E-state index contributed by atoms with van der Waals surface area (Å²) >= 11 is 0. The monoisotopic (exact) mass is 356 g/mol. The van der Waals surface area contributed by atoms with E-state index >= 15 is 0 Å². The van der Waals surface area contributed by atoms with Crippen LogP contribution >= 0.6 is 0 Å². The molecule has 7 nitrogen and oxygen atoms in total. The third kappa shape index (κ3) is 4.55. The molecule has 0 aromatic heterocycles. The van der Waals surface area contributed by atoms with Crippen molar-refractivity contribution in [3.63, 3.8) is 0 Å². The van der Waals surface area contributed by atoms with E-state index < -0.39 is 28.4 Å². The van der Waals surface area contributed by atoms with Gasteiger partial charge in [0.25, 0.3) is 5.91 Å². The lowest BCUT2D eigenvalue weighted by Crippen LogP contribution is -2.40. The smallest absolute Gasteiger partial charge is 0.323 e. The van der Waals surface area contributed by atoms with E-state index in [1.807, 2.05) is 0 Å². The molecule has 0 bridgehead atoms. The molecule has 1 aromatic rings. The van der Waals surface area contributed by atoms with Crippen LogP contribution in [0.15, 0.2) is 29.2 Å². The van der Waals surface area contributed by atoms with Crippen LogP contribution in [0.5, 0.6) is 0 Å². The van der Waals surface area contributed by atoms with Crippen LogP contribution in [0.4, 0.5) is 0 Å². The number of rotatable bonds is 8. The lowest BCUT2D eigenvalue weighted by atomic mass is 10.1. The molecule has 24 heavy (non-hydrogen) atoms. The maximum atomic E-state index is 12.4. The number of benzene rings is 1. The minimum atomic E-state index is -3.58. The highest BCUT2D eigenvalue weighted by molar-refractivity contribution is 7.89. The van der Waals surface area contributed by atoms with Crippen LogP contribution in [0.1, 0.15) is 38.1 Å². The molecule has 0 aliphatic heterocycles. The Labute approximate surface area is 142 Å². The van der Waals surface area contributed by atoms with Gasteiger partial charge in [-0.25, -0.2) is 8.42 Å². The Kier molecular flexibility index (Phi) is 6.92. The summed E-state index contributed by atoms with van der Waals surface area (Å²) in [5.41, 5.74) is 0.253. The fourth-order valence-electron chi connectivity index (χ4n) is 2.28. The third-order valence-electron chi connectivity index (χ3n) is 3.63. The van der Waals surface area contributed by atoms with E-state index in [-0.39, 0.29) is 16.5 Å². The molecule has 0 saturated heterocycles. The predicted molar refractivity (Wildman–Crippen MR) is 90.4 cm³/mol. The third-order valence-corrected chi connectivity index (χ3v) is 5.70. The number of aliphatic carboxylic acids is 1. The van der Waals surface area contributed by atoms with Gasteiger partial charge in [0.2, 0.25) is 10.0 Å². The van der Waals surface area contributed by atoms with Crippen LogP contribution in [0.3, 0.4) is 0 Å². The number of sulfonamides is 1. The Morgan fingerprint density at radius 2 is 1.58 bits per heavy atom. The number of hydrogen-bond donors (Lipinski definition) is 1. The zero-order valence-corrected chi connectivity index (χ0v) is 15.2. The number of amides is 1. The minimum Gasteiger partial charge on any atom is -0.480 e. The molecule has 0 aliphatic carbocycles. The fraction of sp³-hybridized carbons (Fsp3) is 0.500. The maximum Gasteiger partial charge on any atom is 0.323 e. The molecule has 0 heterocycles. The zero-order chi connectivity index (χ0) is 18.5. The van der Waals surface area contributed by atoms with E-state index in [0.29, 0.717) is 13.1 Å². The molecule has 0 radical (unpaired) electrons. The summed E-state index contributed by atoms with van der Waals surface area (Å²) in [4.78, 5) is 24.7. The van der Waals surface area contributed by atoms with Crippen molar-refractivity contribution < 1.29 is 23.1 Å². The molecule has 0 atom stereocenters. The van der Waals surface area contributed by atoms with E-state index in [2.05, 4.69) is 0 Å². The number of nitrogens with zero attached hydrogens (tertiary/aromatic N) is 2. The molecule has 0 spiro atoms. The summed E-state index contributed by atoms with van der Waals surface area (Å²) in [6.45, 7) is 7.27. The van der Waals surface area contributed by atoms with E-state index in [9.17, 15) is 18.0 Å². The Hall–Kier alpha value is -1.93. The first-order valence-electron chi connectivity index (χ1n) is 7.78. The molecule has 0 saturated carbocycles. The summed E-state index contributed by atoms with van der Waals surface area (Å²) in [5.74, 6) is -1.54. The van der Waals surface area contributed by atoms with Crippen LogP contribution in [0.2, 0.25) is 0 Å². The molecule has 1 aromatic carbocycles. The van der Waals surface area contributed by atoms with Gasteiger partial charge >= 0.3 is 5.97 Å². The van der Waals surface area contributed by atoms with Gasteiger partial charge in [-0.1, -0.05) is 13.8 Å². The SMILES string of the molecule is CCN(CC)S(=O)(=O)c1ccc(C(=O)N(CC(=O)O)C(C)C)cc1. The van der Waals surface area contributed by atoms with Gasteiger partial charge in [-0.2, -0.15) is 4.31 Å². The fourth-order valence-corrected chi connectivity index (χ4v) is 3.74. The Bertz CT molecular complexity index is 679. The summed E-state index contributed by atoms with van der Waals surface area (Å²) in [5, 5.41) is 8.92. The number of carboxylic acids is 1. The summed E-state index contributed by atoms with van der Waals surface area (Å²) in [6, 6.07) is 5.29. The first-order chi connectivity index (χ1) is 11.1. The van der Waals surface area contributed by atoms with Gasteiger partial charge in [0.1, 0.15) is 6.54 Å². The molecular weight excluding hydrogens is 332 g/mol. The molecule has 134 valence electrons. The zero-order valence-electron chi connectivity index (χ0n) is 14.4. The van der Waals surface area contributed by atoms with Crippen LogP contribution in [0.25, 0.3) is 0 Å². The van der Waals surface area contributed by atoms with Gasteiger partial charge < -0.3 is 10.0 Å². The molecule has 0 fully saturated rings. The van der Waals surface area contributed by atoms with Crippen molar-refractivity contribution in [2.45, 2.75) is 38.6 Å². The standard InChI is InChI=1S/C16H24N2O5S/c1-5-17(6-2)24(22,23)14-9-7-13(8-10-14)16(21)18(12(3)4)11-15(19)20/h7-10,12H,5-6,11H2,1-4H3,(H,19,20). The number of carboxylic acid groups (broad SMARTS) is 1. The number of carbonyl (C=O) groups is 2. The van der Waals surface area contributed by atoms with Crippen molar-refractivity contribution >= 4 is 21.9 Å². The highest BCUT2D eigenvalue weighted by Gasteiger charge is 2.24. The molecule has 0 unspecified atom stereocenters. The second kappa shape index (κ2) is 8.25. The molecule has 1 amide bonds. The second-order valence-electron chi connectivity index (χ2n) is 5.53. The van der Waals surface area contributed by atoms with Crippen LogP contribution < -0.4 is 0 Å².